The Morgan fingerprint density at radius 2 is 1.41 bits per heavy atom. The molecule has 3 aromatic rings. The second-order valence-electron chi connectivity index (χ2n) is 6.45. The minimum Gasteiger partial charge on any atom is -0.321 e. The van der Waals surface area contributed by atoms with E-state index in [9.17, 15) is 23.3 Å². The van der Waals surface area contributed by atoms with Crippen molar-refractivity contribution in [2.45, 2.75) is 23.6 Å². The number of sulfone groups is 1. The molecule has 0 aliphatic heterocycles. The number of nitro groups is 1. The molecule has 0 atom stereocenters. The molecule has 3 aromatic carbocycles. The topological polar surface area (TPSA) is 106 Å². The van der Waals surface area contributed by atoms with Crippen molar-refractivity contribution < 1.29 is 18.1 Å². The van der Waals surface area contributed by atoms with Crippen LogP contribution in [0.25, 0.3) is 0 Å². The number of hydrogen-bond donors (Lipinski definition) is 1. The molecule has 0 bridgehead atoms. The van der Waals surface area contributed by atoms with Gasteiger partial charge in [0.2, 0.25) is 9.84 Å². The number of aryl methyl sites for hydroxylation is 2. The van der Waals surface area contributed by atoms with Crippen LogP contribution in [0.15, 0.2) is 76.5 Å². The van der Waals surface area contributed by atoms with Crippen LogP contribution < -0.4 is 5.32 Å². The van der Waals surface area contributed by atoms with Crippen LogP contribution in [0, 0.1) is 24.0 Å². The number of nitro benzene ring substituents is 1. The van der Waals surface area contributed by atoms with Gasteiger partial charge in [0, 0.05) is 11.8 Å². The second-order valence-corrected chi connectivity index (χ2v) is 8.33. The van der Waals surface area contributed by atoms with Crippen molar-refractivity contribution in [3.63, 3.8) is 0 Å². The van der Waals surface area contributed by atoms with E-state index >= 15 is 0 Å². The van der Waals surface area contributed by atoms with Crippen molar-refractivity contribution in [3.05, 3.63) is 93.5 Å². The van der Waals surface area contributed by atoms with Crippen LogP contribution in [-0.2, 0) is 9.84 Å². The molecule has 0 saturated heterocycles. The average molecular weight is 410 g/mol. The number of rotatable bonds is 5. The third kappa shape index (κ3) is 3.88. The fourth-order valence-corrected chi connectivity index (χ4v) is 4.66. The van der Waals surface area contributed by atoms with E-state index in [1.165, 1.54) is 36.4 Å². The molecule has 0 unspecified atom stereocenters. The molecule has 0 fully saturated rings. The Balaban J connectivity index is 2.10. The largest absolute Gasteiger partial charge is 0.321 e. The Bertz CT molecular complexity index is 1200. The molecule has 1 N–H and O–H groups in total. The van der Waals surface area contributed by atoms with Gasteiger partial charge in [-0.15, -0.1) is 0 Å². The van der Waals surface area contributed by atoms with Crippen LogP contribution in [0.4, 0.5) is 11.4 Å². The number of para-hydroxylation sites is 2. The van der Waals surface area contributed by atoms with Crippen LogP contribution in [-0.4, -0.2) is 19.2 Å². The molecule has 0 spiro atoms. The first kappa shape index (κ1) is 20.2. The molecule has 0 aliphatic rings. The standard InChI is InChI=1S/C21H18N2O5S/c1-14-8-7-9-15(2)20(14)22-21(24)16-10-3-5-12-18(16)29(27,28)19-13-6-4-11-17(19)23(25)26/h3-13H,1-2H3,(H,22,24). The van der Waals surface area contributed by atoms with E-state index in [1.807, 2.05) is 32.0 Å². The minimum atomic E-state index is -4.31. The molecule has 8 heteroatoms. The summed E-state index contributed by atoms with van der Waals surface area (Å²) in [5, 5.41) is 14.1. The predicted octanol–water partition coefficient (Wildman–Crippen LogP) is 4.30. The van der Waals surface area contributed by atoms with Crippen molar-refractivity contribution in [1.29, 1.82) is 0 Å². The molecule has 0 saturated carbocycles. The average Bonchev–Trinajstić information content (AvgIpc) is 2.70. The fraction of sp³-hybridized carbons (Fsp3) is 0.0952. The van der Waals surface area contributed by atoms with E-state index in [0.717, 1.165) is 23.3 Å². The first-order chi connectivity index (χ1) is 13.7. The third-order valence-corrected chi connectivity index (χ3v) is 6.35. The van der Waals surface area contributed by atoms with Crippen LogP contribution >= 0.6 is 0 Å². The summed E-state index contributed by atoms with van der Waals surface area (Å²) in [4.78, 5) is 22.7. The van der Waals surface area contributed by atoms with Crippen molar-refractivity contribution in [1.82, 2.24) is 0 Å². The van der Waals surface area contributed by atoms with E-state index in [0.29, 0.717) is 5.69 Å². The highest BCUT2D eigenvalue weighted by atomic mass is 32.2. The van der Waals surface area contributed by atoms with Crippen molar-refractivity contribution in [2.75, 3.05) is 5.32 Å². The van der Waals surface area contributed by atoms with Gasteiger partial charge in [0.15, 0.2) is 0 Å². The number of carbonyl (C=O) groups excluding carboxylic acids is 1. The summed E-state index contributed by atoms with van der Waals surface area (Å²) in [6.07, 6.45) is 0. The lowest BCUT2D eigenvalue weighted by Crippen LogP contribution is -2.18. The van der Waals surface area contributed by atoms with E-state index < -0.39 is 31.3 Å². The quantitative estimate of drug-likeness (QED) is 0.499. The third-order valence-electron chi connectivity index (χ3n) is 4.49. The Labute approximate surface area is 168 Å². The second kappa shape index (κ2) is 7.84. The number of benzene rings is 3. The molecule has 7 nitrogen and oxygen atoms in total. The van der Waals surface area contributed by atoms with Gasteiger partial charge in [-0.05, 0) is 43.2 Å². The van der Waals surface area contributed by atoms with Gasteiger partial charge in [0.25, 0.3) is 11.6 Å². The highest BCUT2D eigenvalue weighted by Gasteiger charge is 2.30. The van der Waals surface area contributed by atoms with E-state index in [2.05, 4.69) is 5.32 Å². The summed E-state index contributed by atoms with van der Waals surface area (Å²) >= 11 is 0. The monoisotopic (exact) mass is 410 g/mol. The Morgan fingerprint density at radius 3 is 2.03 bits per heavy atom. The van der Waals surface area contributed by atoms with Gasteiger partial charge >= 0.3 is 0 Å². The van der Waals surface area contributed by atoms with Gasteiger partial charge in [-0.2, -0.15) is 0 Å². The van der Waals surface area contributed by atoms with Gasteiger partial charge in [-0.1, -0.05) is 42.5 Å². The van der Waals surface area contributed by atoms with Crippen LogP contribution in [0.3, 0.4) is 0 Å². The molecule has 0 heterocycles. The maximum atomic E-state index is 13.2. The van der Waals surface area contributed by atoms with Crippen molar-refractivity contribution in [3.8, 4) is 0 Å². The molecular weight excluding hydrogens is 392 g/mol. The summed E-state index contributed by atoms with van der Waals surface area (Å²) in [6, 6.07) is 16.2. The zero-order valence-electron chi connectivity index (χ0n) is 15.7. The highest BCUT2D eigenvalue weighted by Crippen LogP contribution is 2.31. The zero-order valence-corrected chi connectivity index (χ0v) is 16.6. The minimum absolute atomic E-state index is 0.0895. The maximum Gasteiger partial charge on any atom is 0.288 e. The summed E-state index contributed by atoms with van der Waals surface area (Å²) < 4.78 is 26.4. The number of amides is 1. The lowest BCUT2D eigenvalue weighted by molar-refractivity contribution is -0.387. The first-order valence-corrected chi connectivity index (χ1v) is 10.2. The Kier molecular flexibility index (Phi) is 5.47. The summed E-state index contributed by atoms with van der Waals surface area (Å²) in [7, 11) is -4.31. The Hall–Kier alpha value is -3.52. The Morgan fingerprint density at radius 1 is 0.862 bits per heavy atom. The number of anilines is 1. The summed E-state index contributed by atoms with van der Waals surface area (Å²) in [5.74, 6) is -0.611. The van der Waals surface area contributed by atoms with Gasteiger partial charge in [0.05, 0.1) is 15.4 Å². The molecule has 3 rings (SSSR count). The van der Waals surface area contributed by atoms with Crippen LogP contribution in [0.5, 0.6) is 0 Å². The summed E-state index contributed by atoms with van der Waals surface area (Å²) in [6.45, 7) is 3.66. The summed E-state index contributed by atoms with van der Waals surface area (Å²) in [5.41, 5.74) is 1.62. The fourth-order valence-electron chi connectivity index (χ4n) is 3.03. The molecule has 29 heavy (non-hydrogen) atoms. The lowest BCUT2D eigenvalue weighted by Gasteiger charge is -2.14. The highest BCUT2D eigenvalue weighted by molar-refractivity contribution is 7.91. The van der Waals surface area contributed by atoms with Crippen LogP contribution in [0.1, 0.15) is 21.5 Å². The number of hydrogen-bond acceptors (Lipinski definition) is 5. The van der Waals surface area contributed by atoms with E-state index in [4.69, 9.17) is 0 Å². The smallest absolute Gasteiger partial charge is 0.288 e. The van der Waals surface area contributed by atoms with Gasteiger partial charge in [-0.25, -0.2) is 8.42 Å². The molecule has 0 aliphatic carbocycles. The van der Waals surface area contributed by atoms with E-state index in [1.54, 1.807) is 0 Å². The molecule has 0 radical (unpaired) electrons. The van der Waals surface area contributed by atoms with Crippen molar-refractivity contribution in [2.24, 2.45) is 0 Å². The number of carbonyl (C=O) groups is 1. The number of nitrogens with one attached hydrogen (secondary N) is 1. The van der Waals surface area contributed by atoms with Gasteiger partial charge in [0.1, 0.15) is 4.90 Å². The zero-order chi connectivity index (χ0) is 21.2. The molecule has 148 valence electrons. The normalized spacial score (nSPS) is 11.1. The maximum absolute atomic E-state index is 13.2. The van der Waals surface area contributed by atoms with Crippen molar-refractivity contribution >= 4 is 27.1 Å². The van der Waals surface area contributed by atoms with Crippen LogP contribution in [0.2, 0.25) is 0 Å². The SMILES string of the molecule is Cc1cccc(C)c1NC(=O)c1ccccc1S(=O)(=O)c1ccccc1[N+](=O)[O-]. The number of nitrogens with zero attached hydrogens (tertiary/aromatic N) is 1. The van der Waals surface area contributed by atoms with Gasteiger partial charge in [-0.3, -0.25) is 14.9 Å². The van der Waals surface area contributed by atoms with Gasteiger partial charge < -0.3 is 5.32 Å². The predicted molar refractivity (Wildman–Crippen MR) is 109 cm³/mol. The first-order valence-electron chi connectivity index (χ1n) is 8.68. The molecular formula is C21H18N2O5S. The lowest BCUT2D eigenvalue weighted by atomic mass is 10.1. The molecule has 1 amide bonds. The van der Waals surface area contributed by atoms with E-state index in [-0.39, 0.29) is 10.5 Å². The molecule has 0 aromatic heterocycles.